The van der Waals surface area contributed by atoms with Crippen molar-refractivity contribution in [1.29, 1.82) is 0 Å². The molecule has 2 atom stereocenters. The van der Waals surface area contributed by atoms with Gasteiger partial charge in [-0.25, -0.2) is 8.42 Å². The van der Waals surface area contributed by atoms with Crippen LogP contribution in [0.5, 0.6) is 0 Å². The molecule has 8 heteroatoms. The molecule has 208 valence electrons. The van der Waals surface area contributed by atoms with Crippen LogP contribution in [0.4, 0.5) is 5.69 Å². The molecule has 0 heterocycles. The van der Waals surface area contributed by atoms with Crippen molar-refractivity contribution in [1.82, 2.24) is 10.2 Å². The molecular weight excluding hydrogens is 510 g/mol. The second-order valence-electron chi connectivity index (χ2n) is 10.1. The maximum Gasteiger partial charge on any atom is 0.244 e. The summed E-state index contributed by atoms with van der Waals surface area (Å²) in [6, 6.07) is 23.4. The Balaban J connectivity index is 2.05. The number of hydrogen-bond donors (Lipinski definition) is 1. The highest BCUT2D eigenvalue weighted by Gasteiger charge is 2.33. The first-order chi connectivity index (χ1) is 18.5. The van der Waals surface area contributed by atoms with Gasteiger partial charge in [0.25, 0.3) is 0 Å². The molecule has 39 heavy (non-hydrogen) atoms. The lowest BCUT2D eigenvalue weighted by atomic mass is 10.0. The molecule has 0 saturated heterocycles. The molecule has 0 spiro atoms. The van der Waals surface area contributed by atoms with Crippen molar-refractivity contribution in [2.45, 2.75) is 59.2 Å². The first-order valence-corrected chi connectivity index (χ1v) is 15.1. The van der Waals surface area contributed by atoms with Crippen LogP contribution in [0.1, 0.15) is 42.5 Å². The summed E-state index contributed by atoms with van der Waals surface area (Å²) in [4.78, 5) is 29.2. The van der Waals surface area contributed by atoms with E-state index in [1.54, 1.807) is 18.2 Å². The van der Waals surface area contributed by atoms with Gasteiger partial charge in [0.1, 0.15) is 12.6 Å². The van der Waals surface area contributed by atoms with E-state index in [0.29, 0.717) is 12.1 Å². The Bertz CT molecular complexity index is 1360. The summed E-state index contributed by atoms with van der Waals surface area (Å²) >= 11 is 0. The SMILES string of the molecule is CC[C@@H](C)NC(=O)[C@@H](Cc1ccccc1)N(Cc1ccc(C)cc1)C(=O)CN(c1cccc(C)c1)S(C)(=O)=O. The van der Waals surface area contributed by atoms with Crippen molar-refractivity contribution < 1.29 is 18.0 Å². The fourth-order valence-electron chi connectivity index (χ4n) is 4.28. The fraction of sp³-hybridized carbons (Fsp3) is 0.355. The van der Waals surface area contributed by atoms with Crippen molar-refractivity contribution in [3.8, 4) is 0 Å². The standard InChI is InChI=1S/C31H39N3O4S/c1-6-25(4)32-31(36)29(20-26-12-8-7-9-13-26)33(21-27-17-15-23(2)16-18-27)30(35)22-34(39(5,37)38)28-14-10-11-24(3)19-28/h7-19,25,29H,6,20-22H2,1-5H3,(H,32,36)/t25-,29-/m1/s1. The fourth-order valence-corrected chi connectivity index (χ4v) is 5.12. The van der Waals surface area contributed by atoms with Crippen LogP contribution >= 0.6 is 0 Å². The van der Waals surface area contributed by atoms with Gasteiger partial charge in [-0.1, -0.05) is 79.2 Å². The Morgan fingerprint density at radius 1 is 0.872 bits per heavy atom. The van der Waals surface area contributed by atoms with Gasteiger partial charge in [0.15, 0.2) is 0 Å². The van der Waals surface area contributed by atoms with Gasteiger partial charge >= 0.3 is 0 Å². The van der Waals surface area contributed by atoms with E-state index < -0.39 is 28.5 Å². The summed E-state index contributed by atoms with van der Waals surface area (Å²) in [6.45, 7) is 7.50. The van der Waals surface area contributed by atoms with E-state index in [1.807, 2.05) is 88.4 Å². The number of rotatable bonds is 12. The van der Waals surface area contributed by atoms with Crippen LogP contribution in [0.2, 0.25) is 0 Å². The van der Waals surface area contributed by atoms with Gasteiger partial charge in [-0.3, -0.25) is 13.9 Å². The number of hydrogen-bond acceptors (Lipinski definition) is 4. The molecule has 0 radical (unpaired) electrons. The van der Waals surface area contributed by atoms with Crippen molar-refractivity contribution in [3.63, 3.8) is 0 Å². The smallest absolute Gasteiger partial charge is 0.244 e. The lowest BCUT2D eigenvalue weighted by Crippen LogP contribution is -2.54. The zero-order valence-corrected chi connectivity index (χ0v) is 24.2. The average Bonchev–Trinajstić information content (AvgIpc) is 2.90. The number of nitrogens with zero attached hydrogens (tertiary/aromatic N) is 2. The molecule has 0 aliphatic heterocycles. The van der Waals surface area contributed by atoms with E-state index in [-0.39, 0.29) is 18.5 Å². The molecule has 0 aromatic heterocycles. The Morgan fingerprint density at radius 3 is 2.13 bits per heavy atom. The molecule has 0 unspecified atom stereocenters. The second kappa shape index (κ2) is 13.4. The van der Waals surface area contributed by atoms with Crippen molar-refractivity contribution in [3.05, 3.63) is 101 Å². The van der Waals surface area contributed by atoms with Crippen LogP contribution in [-0.2, 0) is 32.6 Å². The van der Waals surface area contributed by atoms with Crippen LogP contribution in [0.15, 0.2) is 78.9 Å². The molecule has 1 N–H and O–H groups in total. The van der Waals surface area contributed by atoms with Crippen LogP contribution < -0.4 is 9.62 Å². The summed E-state index contributed by atoms with van der Waals surface area (Å²) in [5, 5.41) is 3.04. The Labute approximate surface area is 232 Å². The lowest BCUT2D eigenvalue weighted by molar-refractivity contribution is -0.140. The van der Waals surface area contributed by atoms with E-state index >= 15 is 0 Å². The molecule has 0 aliphatic carbocycles. The highest BCUT2D eigenvalue weighted by atomic mass is 32.2. The Hall–Kier alpha value is -3.65. The number of sulfonamides is 1. The van der Waals surface area contributed by atoms with E-state index in [9.17, 15) is 18.0 Å². The summed E-state index contributed by atoms with van der Waals surface area (Å²) in [6.07, 6.45) is 2.12. The largest absolute Gasteiger partial charge is 0.352 e. The number of benzene rings is 3. The van der Waals surface area contributed by atoms with Gasteiger partial charge in [0, 0.05) is 19.0 Å². The number of carbonyl (C=O) groups is 2. The molecule has 0 saturated carbocycles. The third-order valence-electron chi connectivity index (χ3n) is 6.71. The molecule has 0 bridgehead atoms. The number of amides is 2. The average molecular weight is 550 g/mol. The van der Waals surface area contributed by atoms with Crippen LogP contribution in [0.25, 0.3) is 0 Å². The predicted molar refractivity (Wildman–Crippen MR) is 157 cm³/mol. The summed E-state index contributed by atoms with van der Waals surface area (Å²) in [5.74, 6) is -0.724. The summed E-state index contributed by atoms with van der Waals surface area (Å²) in [7, 11) is -3.78. The van der Waals surface area contributed by atoms with Gasteiger partial charge in [-0.05, 0) is 56.0 Å². The third kappa shape index (κ3) is 8.68. The summed E-state index contributed by atoms with van der Waals surface area (Å²) in [5.41, 5.74) is 4.12. The Kier molecular flexibility index (Phi) is 10.3. The minimum absolute atomic E-state index is 0.0769. The molecule has 3 rings (SSSR count). The molecule has 7 nitrogen and oxygen atoms in total. The normalized spacial score (nSPS) is 12.8. The van der Waals surface area contributed by atoms with Gasteiger partial charge in [0.2, 0.25) is 21.8 Å². The molecule has 3 aromatic carbocycles. The van der Waals surface area contributed by atoms with Gasteiger partial charge in [-0.2, -0.15) is 0 Å². The minimum atomic E-state index is -3.78. The predicted octanol–water partition coefficient (Wildman–Crippen LogP) is 4.62. The summed E-state index contributed by atoms with van der Waals surface area (Å²) < 4.78 is 26.8. The topological polar surface area (TPSA) is 86.8 Å². The quantitative estimate of drug-likeness (QED) is 0.357. The monoisotopic (exact) mass is 549 g/mol. The van der Waals surface area contributed by atoms with Gasteiger partial charge in [-0.15, -0.1) is 0 Å². The maximum absolute atomic E-state index is 14.1. The van der Waals surface area contributed by atoms with E-state index in [0.717, 1.165) is 39.2 Å². The number of nitrogens with one attached hydrogen (secondary N) is 1. The van der Waals surface area contributed by atoms with E-state index in [2.05, 4.69) is 5.32 Å². The third-order valence-corrected chi connectivity index (χ3v) is 7.86. The highest BCUT2D eigenvalue weighted by molar-refractivity contribution is 7.92. The number of aryl methyl sites for hydroxylation is 2. The molecule has 0 aliphatic rings. The van der Waals surface area contributed by atoms with Crippen LogP contribution in [0, 0.1) is 13.8 Å². The zero-order valence-electron chi connectivity index (χ0n) is 23.4. The van der Waals surface area contributed by atoms with E-state index in [4.69, 9.17) is 0 Å². The molecule has 0 fully saturated rings. The van der Waals surface area contributed by atoms with Crippen LogP contribution in [0.3, 0.4) is 0 Å². The van der Waals surface area contributed by atoms with Crippen molar-refractivity contribution in [2.75, 3.05) is 17.1 Å². The molecule has 3 aromatic rings. The number of carbonyl (C=O) groups excluding carboxylic acids is 2. The van der Waals surface area contributed by atoms with Gasteiger partial charge in [0.05, 0.1) is 11.9 Å². The minimum Gasteiger partial charge on any atom is -0.352 e. The molecular formula is C31H39N3O4S. The molecule has 2 amide bonds. The number of anilines is 1. The van der Waals surface area contributed by atoms with Gasteiger partial charge < -0.3 is 10.2 Å². The first-order valence-electron chi connectivity index (χ1n) is 13.2. The van der Waals surface area contributed by atoms with Crippen LogP contribution in [-0.4, -0.2) is 50.0 Å². The van der Waals surface area contributed by atoms with E-state index in [1.165, 1.54) is 4.90 Å². The maximum atomic E-state index is 14.1. The first kappa shape index (κ1) is 29.9. The highest BCUT2D eigenvalue weighted by Crippen LogP contribution is 2.21. The second-order valence-corrected chi connectivity index (χ2v) is 12.0. The lowest BCUT2D eigenvalue weighted by Gasteiger charge is -2.34. The van der Waals surface area contributed by atoms with Crippen molar-refractivity contribution in [2.24, 2.45) is 0 Å². The van der Waals surface area contributed by atoms with Crippen molar-refractivity contribution >= 4 is 27.5 Å². The Morgan fingerprint density at radius 2 is 1.54 bits per heavy atom. The zero-order chi connectivity index (χ0) is 28.6.